The molecule has 2 aromatic heterocycles. The smallest absolute Gasteiger partial charge is 0.255 e. The molecule has 8 nitrogen and oxygen atoms in total. The molecule has 1 aliphatic carbocycles. The Morgan fingerprint density at radius 1 is 1.24 bits per heavy atom. The summed E-state index contributed by atoms with van der Waals surface area (Å²) in [5, 5.41) is 16.2. The molecule has 0 unspecified atom stereocenters. The number of pyridine rings is 1. The number of alkyl halides is 2. The van der Waals surface area contributed by atoms with Crippen LogP contribution in [0.3, 0.4) is 0 Å². The third kappa shape index (κ3) is 6.80. The van der Waals surface area contributed by atoms with Crippen molar-refractivity contribution < 1.29 is 18.7 Å². The number of halogens is 2. The summed E-state index contributed by atoms with van der Waals surface area (Å²) in [6.07, 6.45) is 5.23. The molecular formula is C23H32F2N6O2. The van der Waals surface area contributed by atoms with Crippen LogP contribution in [0.2, 0.25) is 0 Å². The van der Waals surface area contributed by atoms with Gasteiger partial charge in [0.1, 0.15) is 18.7 Å². The molecule has 1 saturated carbocycles. The highest BCUT2D eigenvalue weighted by atomic mass is 19.1. The zero-order valence-electron chi connectivity index (χ0n) is 19.1. The molecule has 2 heterocycles. The molecule has 33 heavy (non-hydrogen) atoms. The highest BCUT2D eigenvalue weighted by Gasteiger charge is 2.22. The van der Waals surface area contributed by atoms with E-state index in [1.807, 2.05) is 0 Å². The van der Waals surface area contributed by atoms with Crippen LogP contribution in [0.15, 0.2) is 24.5 Å². The van der Waals surface area contributed by atoms with E-state index in [0.29, 0.717) is 47.8 Å². The molecule has 1 amide bonds. The molecule has 0 spiro atoms. The van der Waals surface area contributed by atoms with E-state index in [2.05, 4.69) is 25.6 Å². The molecule has 1 atom stereocenters. The van der Waals surface area contributed by atoms with Gasteiger partial charge in [-0.1, -0.05) is 6.92 Å². The maximum atomic E-state index is 13.7. The maximum absolute atomic E-state index is 13.7. The molecule has 180 valence electrons. The van der Waals surface area contributed by atoms with E-state index in [-0.39, 0.29) is 31.1 Å². The number of hydrogen-bond donors (Lipinski definition) is 3. The van der Waals surface area contributed by atoms with Crippen molar-refractivity contribution in [1.29, 1.82) is 0 Å². The van der Waals surface area contributed by atoms with Gasteiger partial charge in [0, 0.05) is 38.6 Å². The minimum Gasteiger partial charge on any atom is -0.393 e. The van der Waals surface area contributed by atoms with Gasteiger partial charge in [-0.15, -0.1) is 0 Å². The summed E-state index contributed by atoms with van der Waals surface area (Å²) < 4.78 is 26.2. The van der Waals surface area contributed by atoms with Crippen molar-refractivity contribution in [1.82, 2.24) is 19.9 Å². The first-order chi connectivity index (χ1) is 15.9. The summed E-state index contributed by atoms with van der Waals surface area (Å²) >= 11 is 0. The summed E-state index contributed by atoms with van der Waals surface area (Å²) in [7, 11) is 1.54. The van der Waals surface area contributed by atoms with Crippen molar-refractivity contribution in [3.63, 3.8) is 0 Å². The van der Waals surface area contributed by atoms with Gasteiger partial charge in [0.15, 0.2) is 0 Å². The Labute approximate surface area is 192 Å². The minimum absolute atomic E-state index is 0.0187. The van der Waals surface area contributed by atoms with Gasteiger partial charge in [0.2, 0.25) is 5.95 Å². The molecule has 2 aromatic rings. The summed E-state index contributed by atoms with van der Waals surface area (Å²) in [6, 6.07) is 3.48. The lowest BCUT2D eigenvalue weighted by Gasteiger charge is -2.27. The molecule has 0 saturated heterocycles. The lowest BCUT2D eigenvalue weighted by molar-refractivity contribution is 0.0785. The predicted molar refractivity (Wildman–Crippen MR) is 124 cm³/mol. The second kappa shape index (κ2) is 11.8. The number of amides is 1. The van der Waals surface area contributed by atoms with E-state index >= 15 is 0 Å². The third-order valence-electron chi connectivity index (χ3n) is 5.80. The zero-order chi connectivity index (χ0) is 23.8. The average molecular weight is 463 g/mol. The Morgan fingerprint density at radius 3 is 2.64 bits per heavy atom. The van der Waals surface area contributed by atoms with Crippen LogP contribution in [-0.2, 0) is 0 Å². The fraction of sp³-hybridized carbons (Fsp3) is 0.565. The van der Waals surface area contributed by atoms with Crippen molar-refractivity contribution in [2.75, 3.05) is 37.4 Å². The summed E-state index contributed by atoms with van der Waals surface area (Å²) in [4.78, 5) is 26.9. The van der Waals surface area contributed by atoms with E-state index in [4.69, 9.17) is 0 Å². The molecule has 10 heteroatoms. The number of anilines is 2. The number of rotatable bonds is 10. The van der Waals surface area contributed by atoms with Gasteiger partial charge in [-0.3, -0.25) is 9.78 Å². The van der Waals surface area contributed by atoms with E-state index < -0.39 is 12.8 Å². The topological polar surface area (TPSA) is 103 Å². The van der Waals surface area contributed by atoms with Crippen LogP contribution in [0.1, 0.15) is 49.4 Å². The Kier molecular flexibility index (Phi) is 8.87. The number of nitrogens with one attached hydrogen (secondary N) is 2. The number of carbonyl (C=O) groups excluding carboxylic acids is 1. The number of aromatic nitrogens is 3. The van der Waals surface area contributed by atoms with Crippen LogP contribution >= 0.6 is 0 Å². The quantitative estimate of drug-likeness (QED) is 0.497. The highest BCUT2D eigenvalue weighted by Crippen LogP contribution is 2.29. The van der Waals surface area contributed by atoms with Gasteiger partial charge in [0.25, 0.3) is 5.91 Å². The Balaban J connectivity index is 1.83. The van der Waals surface area contributed by atoms with Crippen molar-refractivity contribution in [3.8, 4) is 11.3 Å². The number of carbonyl (C=O) groups is 1. The molecule has 1 fully saturated rings. The fourth-order valence-corrected chi connectivity index (χ4v) is 3.65. The fourth-order valence-electron chi connectivity index (χ4n) is 3.65. The SMILES string of the molecule is CC[C@H](F)CNc1ncc(-c2ccc(C(=O)N(C)CCF)cn2)c(N[C@H]2CC[C@H](O)CC2)n1. The van der Waals surface area contributed by atoms with Crippen LogP contribution < -0.4 is 10.6 Å². The van der Waals surface area contributed by atoms with Crippen LogP contribution in [0.4, 0.5) is 20.5 Å². The van der Waals surface area contributed by atoms with Gasteiger partial charge in [-0.2, -0.15) is 4.98 Å². The van der Waals surface area contributed by atoms with E-state index in [0.717, 1.165) is 12.8 Å². The summed E-state index contributed by atoms with van der Waals surface area (Å²) in [5.74, 6) is 0.563. The highest BCUT2D eigenvalue weighted by molar-refractivity contribution is 5.94. The van der Waals surface area contributed by atoms with E-state index in [9.17, 15) is 18.7 Å². The van der Waals surface area contributed by atoms with E-state index in [1.54, 1.807) is 32.3 Å². The van der Waals surface area contributed by atoms with Crippen molar-refractivity contribution >= 4 is 17.7 Å². The average Bonchev–Trinajstić information content (AvgIpc) is 2.84. The van der Waals surface area contributed by atoms with Gasteiger partial charge in [-0.05, 0) is 44.2 Å². The summed E-state index contributed by atoms with van der Waals surface area (Å²) in [5.41, 5.74) is 1.58. The predicted octanol–water partition coefficient (Wildman–Crippen LogP) is 3.46. The normalized spacial score (nSPS) is 19.1. The van der Waals surface area contributed by atoms with Crippen LogP contribution in [0, 0.1) is 0 Å². The first kappa shape index (κ1) is 24.8. The van der Waals surface area contributed by atoms with Crippen molar-refractivity contribution in [3.05, 3.63) is 30.1 Å². The number of hydrogen-bond acceptors (Lipinski definition) is 7. The Bertz CT molecular complexity index is 906. The van der Waals surface area contributed by atoms with Gasteiger partial charge < -0.3 is 20.6 Å². The number of aliphatic hydroxyl groups excluding tert-OH is 1. The molecule has 0 radical (unpaired) electrons. The largest absolute Gasteiger partial charge is 0.393 e. The van der Waals surface area contributed by atoms with Crippen LogP contribution in [-0.4, -0.2) is 76.0 Å². The number of aliphatic hydroxyl groups is 1. The van der Waals surface area contributed by atoms with Crippen LogP contribution in [0.25, 0.3) is 11.3 Å². The minimum atomic E-state index is -0.994. The number of nitrogens with zero attached hydrogens (tertiary/aromatic N) is 4. The Morgan fingerprint density at radius 2 is 2.00 bits per heavy atom. The first-order valence-electron chi connectivity index (χ1n) is 11.4. The molecule has 1 aliphatic rings. The standard InChI is InChI=1S/C23H32F2N6O2/c1-3-16(25)13-27-23-28-14-19(21(30-23)29-17-5-7-18(32)8-6-17)20-9-4-15(12-26-20)22(33)31(2)11-10-24/h4,9,12,14,16-18,32H,3,5-8,10-11,13H2,1-2H3,(H2,27,28,29,30)/t16-,17-,18-/m0/s1. The van der Waals surface area contributed by atoms with Gasteiger partial charge >= 0.3 is 0 Å². The summed E-state index contributed by atoms with van der Waals surface area (Å²) in [6.45, 7) is 1.30. The third-order valence-corrected chi connectivity index (χ3v) is 5.80. The molecule has 0 aliphatic heterocycles. The zero-order valence-corrected chi connectivity index (χ0v) is 19.1. The lowest BCUT2D eigenvalue weighted by Crippen LogP contribution is -2.29. The molecule has 0 aromatic carbocycles. The van der Waals surface area contributed by atoms with Crippen LogP contribution in [0.5, 0.6) is 0 Å². The maximum Gasteiger partial charge on any atom is 0.255 e. The monoisotopic (exact) mass is 462 g/mol. The molecule has 3 rings (SSSR count). The van der Waals surface area contributed by atoms with Gasteiger partial charge in [0.05, 0.1) is 22.9 Å². The van der Waals surface area contributed by atoms with Crippen molar-refractivity contribution in [2.24, 2.45) is 0 Å². The van der Waals surface area contributed by atoms with Crippen molar-refractivity contribution in [2.45, 2.75) is 57.3 Å². The van der Waals surface area contributed by atoms with Gasteiger partial charge in [-0.25, -0.2) is 13.8 Å². The Hall–Kier alpha value is -2.88. The second-order valence-electron chi connectivity index (χ2n) is 8.34. The molecule has 3 N–H and O–H groups in total. The lowest BCUT2D eigenvalue weighted by atomic mass is 9.93. The van der Waals surface area contributed by atoms with E-state index in [1.165, 1.54) is 11.1 Å². The molecule has 0 bridgehead atoms. The first-order valence-corrected chi connectivity index (χ1v) is 11.4. The molecular weight excluding hydrogens is 430 g/mol. The second-order valence-corrected chi connectivity index (χ2v) is 8.34.